The molecule has 12 nitrogen and oxygen atoms in total. The van der Waals surface area contributed by atoms with Crippen LogP contribution in [0.15, 0.2) is 54.6 Å². The Balaban J connectivity index is 2.64. The van der Waals surface area contributed by atoms with Crippen LogP contribution >= 0.6 is 0 Å². The summed E-state index contributed by atoms with van der Waals surface area (Å²) >= 11 is 0. The van der Waals surface area contributed by atoms with Crippen LogP contribution in [0.5, 0.6) is 5.75 Å². The number of aromatic hydroxyl groups is 1. The summed E-state index contributed by atoms with van der Waals surface area (Å²) in [7, 11) is 0. The van der Waals surface area contributed by atoms with Crippen molar-refractivity contribution in [2.45, 2.75) is 123 Å². The van der Waals surface area contributed by atoms with Gasteiger partial charge in [-0.1, -0.05) is 68.7 Å². The minimum atomic E-state index is -1.30. The van der Waals surface area contributed by atoms with Gasteiger partial charge in [0.1, 0.15) is 35.1 Å². The maximum Gasteiger partial charge on any atom is 0.408 e. The summed E-state index contributed by atoms with van der Waals surface area (Å²) in [5, 5.41) is 15.5. The molecule has 0 spiro atoms. The predicted molar refractivity (Wildman–Crippen MR) is 186 cm³/mol. The predicted octanol–water partition coefficient (Wildman–Crippen LogP) is 5.07. The van der Waals surface area contributed by atoms with Crippen molar-refractivity contribution in [2.75, 3.05) is 6.54 Å². The Hall–Kier alpha value is -4.61. The van der Waals surface area contributed by atoms with Gasteiger partial charge in [0.05, 0.1) is 0 Å². The van der Waals surface area contributed by atoms with Crippen molar-refractivity contribution in [2.24, 2.45) is 5.73 Å². The van der Waals surface area contributed by atoms with Crippen LogP contribution in [0.1, 0.15) is 104 Å². The van der Waals surface area contributed by atoms with Crippen LogP contribution < -0.4 is 16.4 Å². The molecule has 270 valence electrons. The molecule has 3 atom stereocenters. The maximum atomic E-state index is 14.5. The summed E-state index contributed by atoms with van der Waals surface area (Å²) in [5.74, 6) is -2.69. The molecule has 49 heavy (non-hydrogen) atoms. The fourth-order valence-electron chi connectivity index (χ4n) is 5.07. The number of hydrogen-bond acceptors (Lipinski definition) is 8. The molecule has 0 saturated carbocycles. The molecule has 0 aliphatic carbocycles. The van der Waals surface area contributed by atoms with Crippen LogP contribution in [0.25, 0.3) is 0 Å². The molecule has 0 aromatic heterocycles. The molecule has 0 fully saturated rings. The number of amides is 4. The first-order chi connectivity index (χ1) is 22.9. The lowest BCUT2D eigenvalue weighted by atomic mass is 9.99. The van der Waals surface area contributed by atoms with Crippen molar-refractivity contribution >= 4 is 29.8 Å². The van der Waals surface area contributed by atoms with Crippen LogP contribution in [0.2, 0.25) is 0 Å². The highest BCUT2D eigenvalue weighted by Crippen LogP contribution is 2.27. The number of hydrogen-bond donors (Lipinski definition) is 4. The number of benzene rings is 2. The lowest BCUT2D eigenvalue weighted by Crippen LogP contribution is -2.55. The van der Waals surface area contributed by atoms with Gasteiger partial charge in [0, 0.05) is 19.4 Å². The number of nitrogens with one attached hydrogen (secondary N) is 2. The zero-order valence-electron chi connectivity index (χ0n) is 29.9. The summed E-state index contributed by atoms with van der Waals surface area (Å²) in [5.41, 5.74) is 4.85. The van der Waals surface area contributed by atoms with Crippen molar-refractivity contribution in [1.82, 2.24) is 15.5 Å². The van der Waals surface area contributed by atoms with E-state index in [1.54, 1.807) is 41.5 Å². The van der Waals surface area contributed by atoms with Gasteiger partial charge in [0.25, 0.3) is 0 Å². The number of rotatable bonds is 17. The average molecular weight is 683 g/mol. The van der Waals surface area contributed by atoms with Gasteiger partial charge in [0.2, 0.25) is 17.7 Å². The number of primary amides is 1. The molecule has 0 aliphatic heterocycles. The van der Waals surface area contributed by atoms with E-state index in [2.05, 4.69) is 10.6 Å². The molecular formula is C37H54N4O8. The molecule has 2 aromatic carbocycles. The summed E-state index contributed by atoms with van der Waals surface area (Å²) in [4.78, 5) is 68.5. The van der Waals surface area contributed by atoms with Crippen LogP contribution in [-0.4, -0.2) is 69.6 Å². The van der Waals surface area contributed by atoms with Crippen LogP contribution in [0.3, 0.4) is 0 Å². The number of phenolic OH excluding ortho intramolecular Hbond substituents is 1. The Morgan fingerprint density at radius 3 is 1.98 bits per heavy atom. The van der Waals surface area contributed by atoms with Crippen molar-refractivity contribution in [3.63, 3.8) is 0 Å². The summed E-state index contributed by atoms with van der Waals surface area (Å²) < 4.78 is 11.1. The SMILES string of the molecule is CCCCCCN(C(=O)C(CCC(N)=O)NC(=O)OC(C)(C)C)C(C(=O)NC(Cc1ccccc1)C(=O)OC(C)(C)C)c1ccc(O)cc1. The molecule has 0 saturated heterocycles. The van der Waals surface area contributed by atoms with E-state index in [1.807, 2.05) is 37.3 Å². The number of unbranched alkanes of at least 4 members (excludes halogenated alkanes) is 3. The van der Waals surface area contributed by atoms with Gasteiger partial charge < -0.3 is 35.8 Å². The Labute approximate surface area is 290 Å². The third kappa shape index (κ3) is 15.0. The van der Waals surface area contributed by atoms with Gasteiger partial charge >= 0.3 is 12.1 Å². The minimum Gasteiger partial charge on any atom is -0.508 e. The fraction of sp³-hybridized carbons (Fsp3) is 0.541. The topological polar surface area (TPSA) is 177 Å². The molecule has 0 heterocycles. The zero-order valence-corrected chi connectivity index (χ0v) is 29.9. The third-order valence-electron chi connectivity index (χ3n) is 7.26. The molecule has 0 radical (unpaired) electrons. The molecule has 5 N–H and O–H groups in total. The van der Waals surface area contributed by atoms with Crippen molar-refractivity contribution < 1.29 is 38.6 Å². The van der Waals surface area contributed by atoms with E-state index >= 15 is 0 Å². The van der Waals surface area contributed by atoms with E-state index < -0.39 is 59.1 Å². The fourth-order valence-corrected chi connectivity index (χ4v) is 5.07. The second-order valence-corrected chi connectivity index (χ2v) is 14.1. The molecule has 12 heteroatoms. The standard InChI is InChI=1S/C37H54N4O8/c1-8-9-10-14-23-41(33(45)28(21-22-30(38)43)40-35(47)49-37(5,6)7)31(26-17-19-27(42)20-18-26)32(44)39-29(34(46)48-36(2,3)4)24-25-15-12-11-13-16-25/h11-13,15-20,28-29,31,42H,8-10,14,21-24H2,1-7H3,(H2,38,43)(H,39,44)(H,40,47). The van der Waals surface area contributed by atoms with E-state index in [0.717, 1.165) is 24.8 Å². The molecule has 2 aromatic rings. The summed E-state index contributed by atoms with van der Waals surface area (Å²) in [6.45, 7) is 12.4. The van der Waals surface area contributed by atoms with Gasteiger partial charge in [-0.3, -0.25) is 14.4 Å². The minimum absolute atomic E-state index is 0.0506. The second-order valence-electron chi connectivity index (χ2n) is 14.1. The summed E-state index contributed by atoms with van der Waals surface area (Å²) in [6, 6.07) is 11.3. The first-order valence-electron chi connectivity index (χ1n) is 16.8. The largest absolute Gasteiger partial charge is 0.508 e. The van der Waals surface area contributed by atoms with Gasteiger partial charge in [-0.2, -0.15) is 0 Å². The molecule has 4 amide bonds. The van der Waals surface area contributed by atoms with Crippen LogP contribution in [0, 0.1) is 0 Å². The Bertz CT molecular complexity index is 1380. The van der Waals surface area contributed by atoms with Gasteiger partial charge in [0.15, 0.2) is 0 Å². The first-order valence-corrected chi connectivity index (χ1v) is 16.8. The highest BCUT2D eigenvalue weighted by molar-refractivity contribution is 5.94. The number of carbonyl (C=O) groups is 5. The molecule has 0 aliphatic rings. The number of ether oxygens (including phenoxy) is 2. The van der Waals surface area contributed by atoms with Gasteiger partial charge in [-0.25, -0.2) is 9.59 Å². The first kappa shape index (κ1) is 40.6. The Morgan fingerprint density at radius 2 is 1.43 bits per heavy atom. The second kappa shape index (κ2) is 18.8. The lowest BCUT2D eigenvalue weighted by Gasteiger charge is -2.35. The van der Waals surface area contributed by atoms with E-state index in [-0.39, 0.29) is 31.6 Å². The van der Waals surface area contributed by atoms with Crippen LogP contribution in [-0.2, 0) is 35.1 Å². The van der Waals surface area contributed by atoms with Gasteiger partial charge in [-0.15, -0.1) is 0 Å². The summed E-state index contributed by atoms with van der Waals surface area (Å²) in [6.07, 6.45) is 1.97. The molecular weight excluding hydrogens is 628 g/mol. The maximum absolute atomic E-state index is 14.5. The van der Waals surface area contributed by atoms with Crippen molar-refractivity contribution in [3.05, 3.63) is 65.7 Å². The van der Waals surface area contributed by atoms with Gasteiger partial charge in [-0.05, 0) is 77.6 Å². The normalized spacial score (nSPS) is 13.4. The van der Waals surface area contributed by atoms with E-state index in [9.17, 15) is 29.1 Å². The monoisotopic (exact) mass is 682 g/mol. The highest BCUT2D eigenvalue weighted by atomic mass is 16.6. The number of carbonyl (C=O) groups excluding carboxylic acids is 5. The smallest absolute Gasteiger partial charge is 0.408 e. The quantitative estimate of drug-likeness (QED) is 0.132. The third-order valence-corrected chi connectivity index (χ3v) is 7.26. The van der Waals surface area contributed by atoms with E-state index in [1.165, 1.54) is 29.2 Å². The Kier molecular flexibility index (Phi) is 15.6. The number of nitrogens with zero attached hydrogens (tertiary/aromatic N) is 1. The number of phenols is 1. The lowest BCUT2D eigenvalue weighted by molar-refractivity contribution is -0.159. The number of esters is 1. The molecule has 3 unspecified atom stereocenters. The molecule has 0 bridgehead atoms. The number of alkyl carbamates (subject to hydrolysis) is 1. The van der Waals surface area contributed by atoms with E-state index in [0.29, 0.717) is 12.0 Å². The number of nitrogens with two attached hydrogens (primary N) is 1. The zero-order chi connectivity index (χ0) is 36.8. The van der Waals surface area contributed by atoms with Crippen molar-refractivity contribution in [3.8, 4) is 5.75 Å². The highest BCUT2D eigenvalue weighted by Gasteiger charge is 2.38. The Morgan fingerprint density at radius 1 is 0.816 bits per heavy atom. The molecule has 2 rings (SSSR count). The van der Waals surface area contributed by atoms with Crippen LogP contribution in [0.4, 0.5) is 4.79 Å². The van der Waals surface area contributed by atoms with Crippen molar-refractivity contribution in [1.29, 1.82) is 0 Å². The average Bonchev–Trinajstić information content (AvgIpc) is 2.99. The van der Waals surface area contributed by atoms with E-state index in [4.69, 9.17) is 15.2 Å².